The van der Waals surface area contributed by atoms with Gasteiger partial charge < -0.3 is 21.1 Å². The van der Waals surface area contributed by atoms with Crippen LogP contribution in [-0.4, -0.2) is 35.4 Å². The molecule has 1 aliphatic carbocycles. The third-order valence-corrected chi connectivity index (χ3v) is 3.80. The molecule has 114 valence electrons. The molecule has 0 aliphatic heterocycles. The minimum Gasteiger partial charge on any atom is -0.393 e. The Morgan fingerprint density at radius 3 is 2.76 bits per heavy atom. The van der Waals surface area contributed by atoms with E-state index in [0.717, 1.165) is 25.5 Å². The lowest BCUT2D eigenvalue weighted by Gasteiger charge is -2.27. The fourth-order valence-corrected chi connectivity index (χ4v) is 2.72. The number of hydrogen-bond donors (Lipinski definition) is 4. The predicted octanol–water partition coefficient (Wildman–Crippen LogP) is 2.35. The maximum atomic E-state index is 11.2. The van der Waals surface area contributed by atoms with Gasteiger partial charge in [0.15, 0.2) is 0 Å². The van der Waals surface area contributed by atoms with E-state index in [-0.39, 0.29) is 17.8 Å². The van der Waals surface area contributed by atoms with E-state index in [9.17, 15) is 15.2 Å². The molecule has 1 aromatic carbocycles. The number of rotatable bonds is 5. The SMILES string of the molecule is CNc1cc(NC2CCCC(O)C2)c([N+](=O)[O-])cc1C=N. The topological polar surface area (TPSA) is 111 Å². The first-order valence-electron chi connectivity index (χ1n) is 7.00. The minimum atomic E-state index is -0.450. The van der Waals surface area contributed by atoms with Crippen LogP contribution in [0, 0.1) is 15.5 Å². The van der Waals surface area contributed by atoms with Crippen LogP contribution in [0.4, 0.5) is 17.1 Å². The Morgan fingerprint density at radius 2 is 2.19 bits per heavy atom. The number of nitrogens with one attached hydrogen (secondary N) is 3. The molecule has 2 rings (SSSR count). The molecule has 0 heterocycles. The van der Waals surface area contributed by atoms with Crippen LogP contribution in [0.5, 0.6) is 0 Å². The summed E-state index contributed by atoms with van der Waals surface area (Å²) in [5.41, 5.74) is 1.51. The van der Waals surface area contributed by atoms with Crippen molar-refractivity contribution in [1.29, 1.82) is 5.41 Å². The van der Waals surface area contributed by atoms with Crippen LogP contribution in [0.1, 0.15) is 31.2 Å². The van der Waals surface area contributed by atoms with Crippen molar-refractivity contribution in [3.05, 3.63) is 27.8 Å². The van der Waals surface area contributed by atoms with Crippen LogP contribution < -0.4 is 10.6 Å². The lowest BCUT2D eigenvalue weighted by atomic mass is 9.92. The van der Waals surface area contributed by atoms with Gasteiger partial charge in [0.1, 0.15) is 5.69 Å². The van der Waals surface area contributed by atoms with E-state index in [1.165, 1.54) is 6.07 Å². The van der Waals surface area contributed by atoms with Crippen molar-refractivity contribution >= 4 is 23.3 Å². The zero-order valence-corrected chi connectivity index (χ0v) is 11.9. The van der Waals surface area contributed by atoms with Gasteiger partial charge in [-0.1, -0.05) is 0 Å². The molecule has 1 aliphatic rings. The smallest absolute Gasteiger partial charge is 0.293 e. The molecule has 1 aromatic rings. The van der Waals surface area contributed by atoms with Crippen LogP contribution in [0.2, 0.25) is 0 Å². The summed E-state index contributed by atoms with van der Waals surface area (Å²) in [4.78, 5) is 10.8. The summed E-state index contributed by atoms with van der Waals surface area (Å²) in [5.74, 6) is 0. The second kappa shape index (κ2) is 6.53. The number of hydrogen-bond acceptors (Lipinski definition) is 6. The van der Waals surface area contributed by atoms with Gasteiger partial charge in [-0.2, -0.15) is 0 Å². The van der Waals surface area contributed by atoms with Crippen molar-refractivity contribution in [3.63, 3.8) is 0 Å². The molecule has 7 nitrogen and oxygen atoms in total. The fourth-order valence-electron chi connectivity index (χ4n) is 2.72. The number of nitro groups is 1. The summed E-state index contributed by atoms with van der Waals surface area (Å²) in [6.07, 6.45) is 3.92. The zero-order chi connectivity index (χ0) is 15.4. The Kier molecular flexibility index (Phi) is 4.74. The fraction of sp³-hybridized carbons (Fsp3) is 0.500. The molecule has 0 saturated heterocycles. The minimum absolute atomic E-state index is 0.0305. The predicted molar refractivity (Wildman–Crippen MR) is 82.4 cm³/mol. The largest absolute Gasteiger partial charge is 0.393 e. The highest BCUT2D eigenvalue weighted by Crippen LogP contribution is 2.33. The number of benzene rings is 1. The molecule has 7 heteroatoms. The van der Waals surface area contributed by atoms with Crippen molar-refractivity contribution in [2.45, 2.75) is 37.8 Å². The van der Waals surface area contributed by atoms with E-state index < -0.39 is 4.92 Å². The number of nitrogens with zero attached hydrogens (tertiary/aromatic N) is 1. The summed E-state index contributed by atoms with van der Waals surface area (Å²) in [6, 6.07) is 3.07. The second-order valence-corrected chi connectivity index (χ2v) is 5.27. The molecule has 2 atom stereocenters. The Balaban J connectivity index is 2.31. The van der Waals surface area contributed by atoms with Gasteiger partial charge >= 0.3 is 0 Å². The summed E-state index contributed by atoms with van der Waals surface area (Å²) >= 11 is 0. The molecular weight excluding hydrogens is 272 g/mol. The van der Waals surface area contributed by atoms with Gasteiger partial charge in [-0.25, -0.2) is 0 Å². The molecule has 0 radical (unpaired) electrons. The summed E-state index contributed by atoms with van der Waals surface area (Å²) < 4.78 is 0. The Bertz CT molecular complexity index is 547. The van der Waals surface area contributed by atoms with E-state index in [1.807, 2.05) is 0 Å². The molecule has 1 fully saturated rings. The van der Waals surface area contributed by atoms with E-state index in [0.29, 0.717) is 23.4 Å². The quantitative estimate of drug-likeness (QED) is 0.378. The van der Waals surface area contributed by atoms with E-state index >= 15 is 0 Å². The molecule has 0 amide bonds. The summed E-state index contributed by atoms with van der Waals surface area (Å²) in [5, 5.41) is 34.4. The lowest BCUT2D eigenvalue weighted by molar-refractivity contribution is -0.384. The monoisotopic (exact) mass is 292 g/mol. The van der Waals surface area contributed by atoms with Crippen LogP contribution >= 0.6 is 0 Å². The first-order chi connectivity index (χ1) is 10.0. The molecule has 21 heavy (non-hydrogen) atoms. The molecule has 0 spiro atoms. The average Bonchev–Trinajstić information content (AvgIpc) is 2.46. The molecule has 0 aromatic heterocycles. The zero-order valence-electron chi connectivity index (χ0n) is 11.9. The highest BCUT2D eigenvalue weighted by atomic mass is 16.6. The molecular formula is C14H20N4O3. The van der Waals surface area contributed by atoms with E-state index in [1.54, 1.807) is 13.1 Å². The Hall–Kier alpha value is -2.15. The van der Waals surface area contributed by atoms with Crippen molar-refractivity contribution in [2.24, 2.45) is 0 Å². The van der Waals surface area contributed by atoms with Gasteiger partial charge in [-0.15, -0.1) is 0 Å². The van der Waals surface area contributed by atoms with Gasteiger partial charge in [0.25, 0.3) is 5.69 Å². The number of anilines is 2. The lowest BCUT2D eigenvalue weighted by Crippen LogP contribution is -2.30. The van der Waals surface area contributed by atoms with E-state index in [2.05, 4.69) is 10.6 Å². The van der Waals surface area contributed by atoms with Gasteiger partial charge in [0.2, 0.25) is 0 Å². The van der Waals surface area contributed by atoms with Crippen LogP contribution in [0.15, 0.2) is 12.1 Å². The van der Waals surface area contributed by atoms with Crippen LogP contribution in [0.25, 0.3) is 0 Å². The van der Waals surface area contributed by atoms with Gasteiger partial charge in [-0.3, -0.25) is 10.1 Å². The number of nitro benzene ring substituents is 1. The summed E-state index contributed by atoms with van der Waals surface area (Å²) in [6.45, 7) is 0. The summed E-state index contributed by atoms with van der Waals surface area (Å²) in [7, 11) is 1.71. The van der Waals surface area contributed by atoms with Gasteiger partial charge in [0.05, 0.1) is 11.0 Å². The van der Waals surface area contributed by atoms with Crippen LogP contribution in [0.3, 0.4) is 0 Å². The van der Waals surface area contributed by atoms with E-state index in [4.69, 9.17) is 5.41 Å². The normalized spacial score (nSPS) is 21.6. The molecule has 1 saturated carbocycles. The van der Waals surface area contributed by atoms with Gasteiger partial charge in [-0.05, 0) is 31.7 Å². The number of aliphatic hydroxyl groups is 1. The first kappa shape index (κ1) is 15.2. The van der Waals surface area contributed by atoms with Crippen molar-refractivity contribution in [1.82, 2.24) is 0 Å². The third-order valence-electron chi connectivity index (χ3n) is 3.80. The first-order valence-corrected chi connectivity index (χ1v) is 7.00. The maximum absolute atomic E-state index is 11.2. The molecule has 2 unspecified atom stereocenters. The number of aliphatic hydroxyl groups excluding tert-OH is 1. The highest BCUT2D eigenvalue weighted by Gasteiger charge is 2.24. The average molecular weight is 292 g/mol. The van der Waals surface area contributed by atoms with Crippen LogP contribution in [-0.2, 0) is 0 Å². The maximum Gasteiger partial charge on any atom is 0.293 e. The third kappa shape index (κ3) is 3.49. The molecule has 4 N–H and O–H groups in total. The molecule has 0 bridgehead atoms. The standard InChI is InChI=1S/C14H20N4O3/c1-16-12-7-13(14(18(20)21)5-9(12)8-15)17-10-3-2-4-11(19)6-10/h5,7-8,10-11,15-17,19H,2-4,6H2,1H3. The Morgan fingerprint density at radius 1 is 1.43 bits per heavy atom. The van der Waals surface area contributed by atoms with Crippen molar-refractivity contribution < 1.29 is 10.0 Å². The Labute approximate surface area is 123 Å². The van der Waals surface area contributed by atoms with Crippen molar-refractivity contribution in [3.8, 4) is 0 Å². The van der Waals surface area contributed by atoms with Crippen molar-refractivity contribution in [2.75, 3.05) is 17.7 Å². The van der Waals surface area contributed by atoms with Gasteiger partial charge in [0, 0.05) is 36.6 Å². The highest BCUT2D eigenvalue weighted by molar-refractivity contribution is 5.90. The second-order valence-electron chi connectivity index (χ2n) is 5.27.